The Balaban J connectivity index is 2.69. The first-order valence-electron chi connectivity index (χ1n) is 4.29. The fourth-order valence-corrected chi connectivity index (χ4v) is 0.865. The molecule has 72 valence electrons. The number of hydrogen-bond donors (Lipinski definition) is 1. The topological polar surface area (TPSA) is 37.8 Å². The molecule has 13 heavy (non-hydrogen) atoms. The van der Waals surface area contributed by atoms with Crippen LogP contribution in [0.4, 0.5) is 5.95 Å². The van der Waals surface area contributed by atoms with Crippen LogP contribution in [0.25, 0.3) is 0 Å². The van der Waals surface area contributed by atoms with Crippen LogP contribution in [0.3, 0.4) is 0 Å². The number of nitrogens with zero attached hydrogens (tertiary/aromatic N) is 2. The second kappa shape index (κ2) is 3.92. The molecule has 0 unspecified atom stereocenters. The van der Waals surface area contributed by atoms with Crippen molar-refractivity contribution < 1.29 is 0 Å². The van der Waals surface area contributed by atoms with Crippen molar-refractivity contribution in [1.29, 1.82) is 0 Å². The highest BCUT2D eigenvalue weighted by molar-refractivity contribution is 6.30. The van der Waals surface area contributed by atoms with Crippen molar-refractivity contribution in [3.63, 3.8) is 0 Å². The highest BCUT2D eigenvalue weighted by Crippen LogP contribution is 2.14. The van der Waals surface area contributed by atoms with Crippen molar-refractivity contribution in [1.82, 2.24) is 9.97 Å². The van der Waals surface area contributed by atoms with Gasteiger partial charge in [0.05, 0.1) is 17.4 Å². The molecule has 1 aromatic heterocycles. The maximum Gasteiger partial charge on any atom is 0.223 e. The van der Waals surface area contributed by atoms with E-state index < -0.39 is 0 Å². The lowest BCUT2D eigenvalue weighted by atomic mass is 10.0. The highest BCUT2D eigenvalue weighted by Gasteiger charge is 2.15. The van der Waals surface area contributed by atoms with Crippen molar-refractivity contribution in [2.24, 2.45) is 0 Å². The Morgan fingerprint density at radius 3 is 2.38 bits per heavy atom. The second-order valence-electron chi connectivity index (χ2n) is 3.59. The smallest absolute Gasteiger partial charge is 0.223 e. The minimum absolute atomic E-state index is 0.0217. The van der Waals surface area contributed by atoms with Gasteiger partial charge in [0.15, 0.2) is 0 Å². The van der Waals surface area contributed by atoms with Crippen LogP contribution in [-0.4, -0.2) is 15.5 Å². The number of aromatic nitrogens is 2. The van der Waals surface area contributed by atoms with Gasteiger partial charge in [-0.2, -0.15) is 0 Å². The van der Waals surface area contributed by atoms with Crippen LogP contribution >= 0.6 is 11.6 Å². The predicted octanol–water partition coefficient (Wildman–Crippen LogP) is 2.73. The van der Waals surface area contributed by atoms with Crippen LogP contribution in [0, 0.1) is 0 Å². The summed E-state index contributed by atoms with van der Waals surface area (Å²) in [5, 5.41) is 3.77. The minimum Gasteiger partial charge on any atom is -0.349 e. The molecule has 0 aliphatic heterocycles. The number of hydrogen-bond acceptors (Lipinski definition) is 3. The Hall–Kier alpha value is -0.830. The van der Waals surface area contributed by atoms with E-state index in [9.17, 15) is 0 Å². The molecular formula is C9H14ClN3. The van der Waals surface area contributed by atoms with Crippen LogP contribution in [-0.2, 0) is 0 Å². The quantitative estimate of drug-likeness (QED) is 0.814. The summed E-state index contributed by atoms with van der Waals surface area (Å²) in [6.45, 7) is 6.32. The van der Waals surface area contributed by atoms with Gasteiger partial charge >= 0.3 is 0 Å². The van der Waals surface area contributed by atoms with Crippen molar-refractivity contribution in [2.45, 2.75) is 32.7 Å². The van der Waals surface area contributed by atoms with E-state index >= 15 is 0 Å². The lowest BCUT2D eigenvalue weighted by molar-refractivity contribution is 0.542. The molecule has 0 radical (unpaired) electrons. The third-order valence-corrected chi connectivity index (χ3v) is 2.15. The molecule has 0 spiro atoms. The van der Waals surface area contributed by atoms with Crippen LogP contribution in [0.5, 0.6) is 0 Å². The van der Waals surface area contributed by atoms with Gasteiger partial charge in [0.2, 0.25) is 5.95 Å². The number of anilines is 1. The summed E-state index contributed by atoms with van der Waals surface area (Å²) in [7, 11) is 0. The Morgan fingerprint density at radius 2 is 1.92 bits per heavy atom. The highest BCUT2D eigenvalue weighted by atomic mass is 35.5. The van der Waals surface area contributed by atoms with E-state index in [1.807, 2.05) is 0 Å². The Labute approximate surface area is 83.5 Å². The van der Waals surface area contributed by atoms with E-state index in [0.717, 1.165) is 6.42 Å². The third kappa shape index (κ3) is 3.19. The predicted molar refractivity (Wildman–Crippen MR) is 55.0 cm³/mol. The van der Waals surface area contributed by atoms with Crippen molar-refractivity contribution in [3.05, 3.63) is 17.4 Å². The first kappa shape index (κ1) is 10.3. The number of nitrogens with one attached hydrogen (secondary N) is 1. The molecule has 0 fully saturated rings. The Kier molecular flexibility index (Phi) is 3.09. The third-order valence-electron chi connectivity index (χ3n) is 1.95. The van der Waals surface area contributed by atoms with Gasteiger partial charge in [0, 0.05) is 5.54 Å². The van der Waals surface area contributed by atoms with Crippen molar-refractivity contribution in [3.8, 4) is 0 Å². The molecule has 1 aromatic rings. The molecule has 0 aliphatic rings. The van der Waals surface area contributed by atoms with Gasteiger partial charge in [-0.1, -0.05) is 18.5 Å². The van der Waals surface area contributed by atoms with E-state index in [0.29, 0.717) is 11.0 Å². The zero-order valence-electron chi connectivity index (χ0n) is 8.13. The molecule has 0 aromatic carbocycles. The van der Waals surface area contributed by atoms with Crippen LogP contribution in [0.1, 0.15) is 27.2 Å². The fourth-order valence-electron chi connectivity index (χ4n) is 0.768. The Bertz CT molecular complexity index is 269. The van der Waals surface area contributed by atoms with Crippen molar-refractivity contribution in [2.75, 3.05) is 5.32 Å². The number of halogens is 1. The summed E-state index contributed by atoms with van der Waals surface area (Å²) in [5.74, 6) is 0.622. The molecule has 3 nitrogen and oxygen atoms in total. The van der Waals surface area contributed by atoms with Crippen LogP contribution in [0.2, 0.25) is 5.02 Å². The van der Waals surface area contributed by atoms with E-state index in [1.54, 1.807) is 12.4 Å². The lowest BCUT2D eigenvalue weighted by Crippen LogP contribution is -2.30. The van der Waals surface area contributed by atoms with E-state index in [1.165, 1.54) is 0 Å². The normalized spacial score (nSPS) is 11.4. The molecule has 1 rings (SSSR count). The van der Waals surface area contributed by atoms with E-state index in [2.05, 4.69) is 36.1 Å². The average molecular weight is 200 g/mol. The molecule has 0 amide bonds. The van der Waals surface area contributed by atoms with Gasteiger partial charge in [-0.05, 0) is 20.3 Å². The first-order valence-corrected chi connectivity index (χ1v) is 4.67. The maximum absolute atomic E-state index is 5.66. The molecule has 0 atom stereocenters. The first-order chi connectivity index (χ1) is 6.03. The monoisotopic (exact) mass is 199 g/mol. The van der Waals surface area contributed by atoms with Gasteiger partial charge < -0.3 is 5.32 Å². The standard InChI is InChI=1S/C9H14ClN3/c1-4-9(2,3)13-8-11-5-7(10)6-12-8/h5-6H,4H2,1-3H3,(H,11,12,13). The van der Waals surface area contributed by atoms with Gasteiger partial charge in [0.1, 0.15) is 0 Å². The van der Waals surface area contributed by atoms with E-state index in [4.69, 9.17) is 11.6 Å². The number of rotatable bonds is 3. The van der Waals surface area contributed by atoms with Gasteiger partial charge in [-0.3, -0.25) is 0 Å². The molecule has 1 heterocycles. The van der Waals surface area contributed by atoms with Gasteiger partial charge in [0.25, 0.3) is 0 Å². The van der Waals surface area contributed by atoms with Gasteiger partial charge in [-0.25, -0.2) is 9.97 Å². The summed E-state index contributed by atoms with van der Waals surface area (Å²) >= 11 is 5.66. The summed E-state index contributed by atoms with van der Waals surface area (Å²) in [6.07, 6.45) is 4.18. The average Bonchev–Trinajstić information content (AvgIpc) is 2.09. The summed E-state index contributed by atoms with van der Waals surface area (Å²) in [5.41, 5.74) is 0.0217. The zero-order chi connectivity index (χ0) is 9.90. The fraction of sp³-hybridized carbons (Fsp3) is 0.556. The molecule has 0 saturated heterocycles. The SMILES string of the molecule is CCC(C)(C)Nc1ncc(Cl)cn1. The molecular weight excluding hydrogens is 186 g/mol. The maximum atomic E-state index is 5.66. The molecule has 0 bridgehead atoms. The van der Waals surface area contributed by atoms with Crippen LogP contribution in [0.15, 0.2) is 12.4 Å². The molecule has 0 saturated carbocycles. The van der Waals surface area contributed by atoms with Gasteiger partial charge in [-0.15, -0.1) is 0 Å². The van der Waals surface area contributed by atoms with Crippen LogP contribution < -0.4 is 5.32 Å². The Morgan fingerprint density at radius 1 is 1.38 bits per heavy atom. The lowest BCUT2D eigenvalue weighted by Gasteiger charge is -2.24. The summed E-state index contributed by atoms with van der Waals surface area (Å²) < 4.78 is 0. The molecule has 0 aliphatic carbocycles. The van der Waals surface area contributed by atoms with E-state index in [-0.39, 0.29) is 5.54 Å². The summed E-state index contributed by atoms with van der Waals surface area (Å²) in [6, 6.07) is 0. The second-order valence-corrected chi connectivity index (χ2v) is 4.02. The molecule has 1 N–H and O–H groups in total. The minimum atomic E-state index is 0.0217. The zero-order valence-corrected chi connectivity index (χ0v) is 8.89. The molecule has 4 heteroatoms. The largest absolute Gasteiger partial charge is 0.349 e. The van der Waals surface area contributed by atoms with Crippen molar-refractivity contribution >= 4 is 17.5 Å². The summed E-state index contributed by atoms with van der Waals surface area (Å²) in [4.78, 5) is 8.11.